The summed E-state index contributed by atoms with van der Waals surface area (Å²) in [6.45, 7) is 10.8. The lowest BCUT2D eigenvalue weighted by molar-refractivity contribution is -0.385. The molecular formula is C16H25NO5Si. The Labute approximate surface area is 137 Å². The van der Waals surface area contributed by atoms with Gasteiger partial charge in [-0.05, 0) is 24.6 Å². The van der Waals surface area contributed by atoms with Gasteiger partial charge in [-0.3, -0.25) is 14.9 Å². The van der Waals surface area contributed by atoms with E-state index < -0.39 is 25.1 Å². The lowest BCUT2D eigenvalue weighted by atomic mass is 9.95. The molecule has 0 heterocycles. The number of carboxylic acids is 1. The van der Waals surface area contributed by atoms with Gasteiger partial charge in [0.25, 0.3) is 5.69 Å². The number of rotatable bonds is 7. The predicted molar refractivity (Wildman–Crippen MR) is 91.2 cm³/mol. The van der Waals surface area contributed by atoms with Crippen molar-refractivity contribution >= 4 is 20.0 Å². The molecule has 1 atom stereocenters. The van der Waals surface area contributed by atoms with Gasteiger partial charge in [-0.15, -0.1) is 0 Å². The van der Waals surface area contributed by atoms with Gasteiger partial charge in [-0.25, -0.2) is 0 Å². The van der Waals surface area contributed by atoms with E-state index in [0.717, 1.165) is 0 Å². The molecule has 6 nitrogen and oxygen atoms in total. The summed E-state index contributed by atoms with van der Waals surface area (Å²) < 4.78 is 6.00. The first-order valence-corrected chi connectivity index (χ1v) is 10.5. The first-order chi connectivity index (χ1) is 10.5. The Hall–Kier alpha value is -1.73. The van der Waals surface area contributed by atoms with Gasteiger partial charge < -0.3 is 9.53 Å². The highest BCUT2D eigenvalue weighted by Gasteiger charge is 2.37. The highest BCUT2D eigenvalue weighted by atomic mass is 28.4. The summed E-state index contributed by atoms with van der Waals surface area (Å²) in [6.07, 6.45) is 0.215. The molecule has 0 radical (unpaired) electrons. The topological polar surface area (TPSA) is 89.7 Å². The maximum absolute atomic E-state index is 11.6. The maximum Gasteiger partial charge on any atom is 0.311 e. The van der Waals surface area contributed by atoms with Crippen LogP contribution in [0, 0.1) is 10.1 Å². The molecule has 1 unspecified atom stereocenters. The lowest BCUT2D eigenvalue weighted by Crippen LogP contribution is -2.41. The molecule has 1 aromatic rings. The molecule has 0 aliphatic rings. The molecule has 1 N–H and O–H groups in total. The smallest absolute Gasteiger partial charge is 0.311 e. The van der Waals surface area contributed by atoms with Crippen molar-refractivity contribution in [2.75, 3.05) is 6.61 Å². The third-order valence-corrected chi connectivity index (χ3v) is 9.02. The third-order valence-electron chi connectivity index (χ3n) is 4.48. The molecule has 0 aliphatic heterocycles. The summed E-state index contributed by atoms with van der Waals surface area (Å²) in [4.78, 5) is 22.1. The van der Waals surface area contributed by atoms with Gasteiger partial charge in [-0.1, -0.05) is 39.0 Å². The molecule has 0 bridgehead atoms. The summed E-state index contributed by atoms with van der Waals surface area (Å²) >= 11 is 0. The van der Waals surface area contributed by atoms with Crippen LogP contribution < -0.4 is 0 Å². The van der Waals surface area contributed by atoms with E-state index in [4.69, 9.17) is 4.43 Å². The van der Waals surface area contributed by atoms with Gasteiger partial charge in [0.15, 0.2) is 8.32 Å². The molecule has 1 aromatic carbocycles. The zero-order valence-corrected chi connectivity index (χ0v) is 15.3. The largest absolute Gasteiger partial charge is 0.481 e. The zero-order valence-electron chi connectivity index (χ0n) is 14.3. The van der Waals surface area contributed by atoms with Crippen molar-refractivity contribution in [3.63, 3.8) is 0 Å². The van der Waals surface area contributed by atoms with Gasteiger partial charge in [0.05, 0.1) is 10.8 Å². The number of nitro benzene ring substituents is 1. The Balaban J connectivity index is 2.91. The summed E-state index contributed by atoms with van der Waals surface area (Å²) in [5.74, 6) is -2.01. The van der Waals surface area contributed by atoms with E-state index in [0.29, 0.717) is 0 Å². The molecule has 0 aromatic heterocycles. The van der Waals surface area contributed by atoms with Crippen LogP contribution in [0.4, 0.5) is 5.69 Å². The fourth-order valence-electron chi connectivity index (χ4n) is 2.01. The van der Waals surface area contributed by atoms with E-state index in [-0.39, 0.29) is 29.3 Å². The quantitative estimate of drug-likeness (QED) is 0.457. The summed E-state index contributed by atoms with van der Waals surface area (Å²) in [7, 11) is -1.97. The molecule has 0 saturated carbocycles. The molecular weight excluding hydrogens is 314 g/mol. The van der Waals surface area contributed by atoms with Crippen LogP contribution in [0.25, 0.3) is 0 Å². The minimum absolute atomic E-state index is 0.0322. The van der Waals surface area contributed by atoms with Crippen molar-refractivity contribution in [2.45, 2.75) is 51.2 Å². The molecule has 7 heteroatoms. The fourth-order valence-corrected chi connectivity index (χ4v) is 3.07. The Morgan fingerprint density at radius 2 is 1.91 bits per heavy atom. The second-order valence-electron chi connectivity index (χ2n) is 7.10. The minimum Gasteiger partial charge on any atom is -0.481 e. The monoisotopic (exact) mass is 339 g/mol. The van der Waals surface area contributed by atoms with Gasteiger partial charge >= 0.3 is 5.97 Å². The molecule has 0 amide bonds. The number of nitro groups is 1. The highest BCUT2D eigenvalue weighted by Crippen LogP contribution is 2.37. The first-order valence-electron chi connectivity index (χ1n) is 7.57. The van der Waals surface area contributed by atoms with Crippen LogP contribution in [0.15, 0.2) is 24.3 Å². The van der Waals surface area contributed by atoms with Crippen LogP contribution in [-0.2, 0) is 9.22 Å². The van der Waals surface area contributed by atoms with Crippen molar-refractivity contribution in [1.82, 2.24) is 0 Å². The summed E-state index contributed by atoms with van der Waals surface area (Å²) in [5.41, 5.74) is 0.0658. The highest BCUT2D eigenvalue weighted by molar-refractivity contribution is 6.74. The van der Waals surface area contributed by atoms with Crippen LogP contribution in [0.3, 0.4) is 0 Å². The van der Waals surface area contributed by atoms with E-state index in [9.17, 15) is 20.0 Å². The average molecular weight is 339 g/mol. The van der Waals surface area contributed by atoms with Crippen molar-refractivity contribution in [2.24, 2.45) is 0 Å². The number of nitrogens with zero attached hydrogens (tertiary/aromatic N) is 1. The summed E-state index contributed by atoms with van der Waals surface area (Å²) in [6, 6.07) is 5.99. The molecule has 23 heavy (non-hydrogen) atoms. The van der Waals surface area contributed by atoms with E-state index in [1.807, 2.05) is 0 Å². The van der Waals surface area contributed by atoms with Crippen LogP contribution in [0.1, 0.15) is 38.7 Å². The Morgan fingerprint density at radius 3 is 2.39 bits per heavy atom. The maximum atomic E-state index is 11.6. The van der Waals surface area contributed by atoms with E-state index in [1.54, 1.807) is 6.07 Å². The number of hydrogen-bond donors (Lipinski definition) is 1. The molecule has 128 valence electrons. The lowest BCUT2D eigenvalue weighted by Gasteiger charge is -2.36. The van der Waals surface area contributed by atoms with Crippen LogP contribution in [-0.4, -0.2) is 30.9 Å². The van der Waals surface area contributed by atoms with Gasteiger partial charge in [0.1, 0.15) is 0 Å². The number of hydrogen-bond acceptors (Lipinski definition) is 4. The SMILES string of the molecule is CC(C)(C)[Si](C)(C)OCCC(C(=O)O)c1ccccc1[N+](=O)[O-]. The summed E-state index contributed by atoms with van der Waals surface area (Å²) in [5, 5.41) is 20.6. The van der Waals surface area contributed by atoms with Crippen molar-refractivity contribution in [3.8, 4) is 0 Å². The van der Waals surface area contributed by atoms with Crippen molar-refractivity contribution in [1.29, 1.82) is 0 Å². The van der Waals surface area contributed by atoms with Crippen molar-refractivity contribution < 1.29 is 19.3 Å². The first kappa shape index (κ1) is 19.3. The van der Waals surface area contributed by atoms with Crippen LogP contribution in [0.5, 0.6) is 0 Å². The standard InChI is InChI=1S/C16H25NO5Si/c1-16(2,3)23(4,5)22-11-10-13(15(18)19)12-8-6-7-9-14(12)17(20)21/h6-9,13H,10-11H2,1-5H3,(H,18,19). The predicted octanol–water partition coefficient (Wildman–Crippen LogP) is 4.17. The Morgan fingerprint density at radius 1 is 1.35 bits per heavy atom. The number of carboxylic acid groups (broad SMARTS) is 1. The van der Waals surface area contributed by atoms with E-state index >= 15 is 0 Å². The molecule has 0 saturated heterocycles. The minimum atomic E-state index is -1.97. The number of aliphatic carboxylic acids is 1. The Bertz CT molecular complexity index is 580. The average Bonchev–Trinajstić information content (AvgIpc) is 2.42. The van der Waals surface area contributed by atoms with Crippen LogP contribution in [0.2, 0.25) is 18.1 Å². The van der Waals surface area contributed by atoms with Gasteiger partial charge in [0.2, 0.25) is 0 Å². The van der Waals surface area contributed by atoms with E-state index in [1.165, 1.54) is 18.2 Å². The second-order valence-corrected chi connectivity index (χ2v) is 11.9. The Kier molecular flexibility index (Phi) is 6.07. The van der Waals surface area contributed by atoms with Crippen molar-refractivity contribution in [3.05, 3.63) is 39.9 Å². The number of para-hydroxylation sites is 1. The molecule has 1 rings (SSSR count). The number of benzene rings is 1. The zero-order chi connectivity index (χ0) is 17.8. The second kappa shape index (κ2) is 7.23. The van der Waals surface area contributed by atoms with Crippen LogP contribution >= 0.6 is 0 Å². The third kappa shape index (κ3) is 4.87. The molecule has 0 aliphatic carbocycles. The van der Waals surface area contributed by atoms with E-state index in [2.05, 4.69) is 33.9 Å². The molecule has 0 fully saturated rings. The normalized spacial score (nSPS) is 13.6. The van der Waals surface area contributed by atoms with Gasteiger partial charge in [0, 0.05) is 18.2 Å². The molecule has 0 spiro atoms. The number of carbonyl (C=O) groups is 1. The fraction of sp³-hybridized carbons (Fsp3) is 0.562. The van der Waals surface area contributed by atoms with Gasteiger partial charge in [-0.2, -0.15) is 0 Å².